The fraction of sp³-hybridized carbons (Fsp3) is 0.647. The Morgan fingerprint density at radius 2 is 2.14 bits per heavy atom. The van der Waals surface area contributed by atoms with E-state index in [9.17, 15) is 0 Å². The lowest BCUT2D eigenvalue weighted by molar-refractivity contribution is 0.242. The molecule has 118 valence electrons. The van der Waals surface area contributed by atoms with Crippen molar-refractivity contribution in [3.63, 3.8) is 0 Å². The molecule has 1 aliphatic carbocycles. The maximum Gasteiger partial charge on any atom is 0.124 e. The minimum absolute atomic E-state index is 0.508. The van der Waals surface area contributed by atoms with Crippen molar-refractivity contribution >= 4 is 0 Å². The molecule has 0 aromatic carbocycles. The molecule has 0 amide bonds. The number of aryl methyl sites for hydroxylation is 3. The first-order chi connectivity index (χ1) is 10.9. The van der Waals surface area contributed by atoms with E-state index in [1.54, 1.807) is 0 Å². The largest absolute Gasteiger partial charge is 0.344 e. The van der Waals surface area contributed by atoms with Crippen LogP contribution in [0.15, 0.2) is 18.7 Å². The average Bonchev–Trinajstić information content (AvgIpc) is 3.27. The van der Waals surface area contributed by atoms with Gasteiger partial charge in [-0.25, -0.2) is 9.97 Å². The highest BCUT2D eigenvalue weighted by atomic mass is 15.2. The topological polar surface area (TPSA) is 49.7 Å². The van der Waals surface area contributed by atoms with Gasteiger partial charge in [0.25, 0.3) is 0 Å². The van der Waals surface area contributed by atoms with E-state index >= 15 is 0 Å². The summed E-state index contributed by atoms with van der Waals surface area (Å²) in [7, 11) is 0. The normalized spacial score (nSPS) is 22.1. The molecule has 3 heterocycles. The molecule has 2 aromatic rings. The number of imidazole rings is 2. The Bertz CT molecular complexity index is 577. The second-order valence-electron chi connectivity index (χ2n) is 6.60. The summed E-state index contributed by atoms with van der Waals surface area (Å²) < 4.78 is 2.16. The van der Waals surface area contributed by atoms with E-state index in [1.165, 1.54) is 68.7 Å². The van der Waals surface area contributed by atoms with Gasteiger partial charge in [0.1, 0.15) is 5.82 Å². The van der Waals surface area contributed by atoms with Crippen LogP contribution in [0.3, 0.4) is 0 Å². The number of hydrogen-bond acceptors (Lipinski definition) is 3. The molecule has 1 aliphatic heterocycles. The van der Waals surface area contributed by atoms with Crippen LogP contribution in [0.25, 0.3) is 0 Å². The summed E-state index contributed by atoms with van der Waals surface area (Å²) in [6, 6.07) is 0.508. The molecule has 2 aliphatic rings. The summed E-state index contributed by atoms with van der Waals surface area (Å²) in [5.41, 5.74) is 2.75. The van der Waals surface area contributed by atoms with Gasteiger partial charge in [-0.1, -0.05) is 0 Å². The lowest BCUT2D eigenvalue weighted by Gasteiger charge is -2.22. The number of likely N-dealkylation sites (tertiary alicyclic amines) is 1. The average molecular weight is 299 g/mol. The molecule has 0 spiro atoms. The number of hydrogen-bond donors (Lipinski definition) is 1. The van der Waals surface area contributed by atoms with Crippen LogP contribution in [-0.4, -0.2) is 37.5 Å². The lowest BCUT2D eigenvalue weighted by atomic mass is 10.0. The number of H-pyrrole nitrogens is 1. The van der Waals surface area contributed by atoms with Gasteiger partial charge < -0.3 is 9.55 Å². The van der Waals surface area contributed by atoms with Gasteiger partial charge in [-0.2, -0.15) is 0 Å². The van der Waals surface area contributed by atoms with Crippen LogP contribution in [-0.2, 0) is 19.4 Å². The molecule has 0 saturated carbocycles. The highest BCUT2D eigenvalue weighted by molar-refractivity contribution is 5.19. The molecule has 5 heteroatoms. The molecular weight excluding hydrogens is 274 g/mol. The number of aromatic amines is 1. The molecule has 22 heavy (non-hydrogen) atoms. The van der Waals surface area contributed by atoms with E-state index in [1.807, 2.05) is 18.7 Å². The first-order valence-electron chi connectivity index (χ1n) is 8.67. The van der Waals surface area contributed by atoms with Gasteiger partial charge >= 0.3 is 0 Å². The zero-order chi connectivity index (χ0) is 14.8. The molecule has 2 aromatic heterocycles. The van der Waals surface area contributed by atoms with E-state index in [0.717, 1.165) is 13.1 Å². The zero-order valence-electron chi connectivity index (χ0n) is 13.2. The number of rotatable bonds is 5. The summed E-state index contributed by atoms with van der Waals surface area (Å²) in [5, 5.41) is 0. The number of aromatic nitrogens is 4. The maximum absolute atomic E-state index is 4.93. The fourth-order valence-electron chi connectivity index (χ4n) is 3.91. The predicted octanol–water partition coefficient (Wildman–Crippen LogP) is 2.71. The minimum Gasteiger partial charge on any atom is -0.344 e. The molecule has 1 N–H and O–H groups in total. The third-order valence-corrected chi connectivity index (χ3v) is 5.07. The predicted molar refractivity (Wildman–Crippen MR) is 85.6 cm³/mol. The van der Waals surface area contributed by atoms with Crippen LogP contribution in [0.1, 0.15) is 55.4 Å². The van der Waals surface area contributed by atoms with Gasteiger partial charge in [0.2, 0.25) is 0 Å². The molecule has 4 rings (SSSR count). The van der Waals surface area contributed by atoms with Crippen molar-refractivity contribution in [3.8, 4) is 0 Å². The van der Waals surface area contributed by atoms with Gasteiger partial charge in [-0.15, -0.1) is 0 Å². The van der Waals surface area contributed by atoms with Gasteiger partial charge in [0.05, 0.1) is 18.1 Å². The Balaban J connectivity index is 1.39. The smallest absolute Gasteiger partial charge is 0.124 e. The highest BCUT2D eigenvalue weighted by Gasteiger charge is 2.29. The van der Waals surface area contributed by atoms with Crippen molar-refractivity contribution < 1.29 is 0 Å². The van der Waals surface area contributed by atoms with Crippen molar-refractivity contribution in [2.24, 2.45) is 0 Å². The minimum atomic E-state index is 0.508. The monoisotopic (exact) mass is 299 g/mol. The van der Waals surface area contributed by atoms with Crippen molar-refractivity contribution in [2.45, 2.75) is 57.5 Å². The van der Waals surface area contributed by atoms with Crippen LogP contribution in [0.5, 0.6) is 0 Å². The fourth-order valence-corrected chi connectivity index (χ4v) is 3.91. The van der Waals surface area contributed by atoms with Crippen LogP contribution in [0.2, 0.25) is 0 Å². The van der Waals surface area contributed by atoms with E-state index in [-0.39, 0.29) is 0 Å². The van der Waals surface area contributed by atoms with Crippen LogP contribution < -0.4 is 0 Å². The summed E-state index contributed by atoms with van der Waals surface area (Å²) in [6.45, 7) is 3.41. The van der Waals surface area contributed by atoms with Gasteiger partial charge in [0, 0.05) is 31.2 Å². The molecule has 5 nitrogen and oxygen atoms in total. The van der Waals surface area contributed by atoms with Gasteiger partial charge in [-0.05, 0) is 51.5 Å². The lowest BCUT2D eigenvalue weighted by Crippen LogP contribution is -2.26. The second-order valence-corrected chi connectivity index (χ2v) is 6.60. The van der Waals surface area contributed by atoms with Crippen molar-refractivity contribution in [3.05, 3.63) is 35.9 Å². The molecule has 1 atom stereocenters. The van der Waals surface area contributed by atoms with Crippen LogP contribution in [0, 0.1) is 0 Å². The third-order valence-electron chi connectivity index (χ3n) is 5.07. The number of nitrogens with zero attached hydrogens (tertiary/aromatic N) is 4. The van der Waals surface area contributed by atoms with Gasteiger partial charge in [0.15, 0.2) is 0 Å². The Morgan fingerprint density at radius 3 is 3.00 bits per heavy atom. The van der Waals surface area contributed by atoms with E-state index in [4.69, 9.17) is 4.98 Å². The SMILES string of the molecule is c1cn(CCCN2CCC[C@@H]2c2nc3c([nH]2)CCCC3)cn1. The summed E-state index contributed by atoms with van der Waals surface area (Å²) >= 11 is 0. The standard InChI is InChI=1S/C17H25N5/c1-2-6-15-14(5-1)19-17(20-15)16-7-3-10-22(16)11-4-9-21-12-8-18-13-21/h8,12-13,16H,1-7,9-11H2,(H,19,20)/t16-/m1/s1. The molecule has 0 radical (unpaired) electrons. The third kappa shape index (κ3) is 2.82. The highest BCUT2D eigenvalue weighted by Crippen LogP contribution is 2.32. The van der Waals surface area contributed by atoms with Gasteiger partial charge in [-0.3, -0.25) is 4.90 Å². The summed E-state index contributed by atoms with van der Waals surface area (Å²) in [5.74, 6) is 1.23. The zero-order valence-corrected chi connectivity index (χ0v) is 13.2. The summed E-state index contributed by atoms with van der Waals surface area (Å²) in [4.78, 5) is 15.3. The Kier molecular flexibility index (Phi) is 3.97. The quantitative estimate of drug-likeness (QED) is 0.923. The first kappa shape index (κ1) is 14.0. The van der Waals surface area contributed by atoms with Crippen LogP contribution >= 0.6 is 0 Å². The number of fused-ring (bicyclic) bond motifs is 1. The Labute approximate surface area is 131 Å². The molecular formula is C17H25N5. The summed E-state index contributed by atoms with van der Waals surface area (Å²) in [6.07, 6.45) is 14.5. The molecule has 0 bridgehead atoms. The van der Waals surface area contributed by atoms with Crippen molar-refractivity contribution in [1.29, 1.82) is 0 Å². The molecule has 0 unspecified atom stereocenters. The Morgan fingerprint density at radius 1 is 1.18 bits per heavy atom. The van der Waals surface area contributed by atoms with Crippen LogP contribution in [0.4, 0.5) is 0 Å². The van der Waals surface area contributed by atoms with Crippen molar-refractivity contribution in [1.82, 2.24) is 24.4 Å². The van der Waals surface area contributed by atoms with Crippen molar-refractivity contribution in [2.75, 3.05) is 13.1 Å². The van der Waals surface area contributed by atoms with E-state index in [0.29, 0.717) is 6.04 Å². The first-order valence-corrected chi connectivity index (χ1v) is 8.67. The number of nitrogens with one attached hydrogen (secondary N) is 1. The molecule has 1 saturated heterocycles. The van der Waals surface area contributed by atoms with E-state index < -0.39 is 0 Å². The maximum atomic E-state index is 4.93. The second kappa shape index (κ2) is 6.24. The molecule has 1 fully saturated rings. The Hall–Kier alpha value is -1.62. The van der Waals surface area contributed by atoms with E-state index in [2.05, 4.69) is 19.4 Å².